The molecule has 1 fully saturated rings. The van der Waals surface area contributed by atoms with Crippen LogP contribution in [-0.2, 0) is 30.6 Å². The van der Waals surface area contributed by atoms with Gasteiger partial charge in [-0.15, -0.1) is 11.3 Å². The molecule has 4 aromatic rings. The van der Waals surface area contributed by atoms with E-state index >= 15 is 4.39 Å². The summed E-state index contributed by atoms with van der Waals surface area (Å²) in [4.78, 5) is 42.0. The first-order valence-corrected chi connectivity index (χ1v) is 16.8. The van der Waals surface area contributed by atoms with E-state index in [9.17, 15) is 22.8 Å². The molecular weight excluding hydrogens is 604 g/mol. The van der Waals surface area contributed by atoms with Crippen molar-refractivity contribution in [3.8, 4) is 11.1 Å². The van der Waals surface area contributed by atoms with Crippen molar-refractivity contribution in [2.45, 2.75) is 56.1 Å². The number of thiazole rings is 1. The number of rotatable bonds is 12. The lowest BCUT2D eigenvalue weighted by atomic mass is 10.0. The number of anilines is 1. The molecule has 1 unspecified atom stereocenters. The molecule has 5 rings (SSSR count). The van der Waals surface area contributed by atoms with E-state index in [2.05, 4.69) is 20.9 Å². The van der Waals surface area contributed by atoms with Crippen molar-refractivity contribution in [1.82, 2.24) is 15.6 Å². The summed E-state index contributed by atoms with van der Waals surface area (Å²) in [5.74, 6) is -1.95. The van der Waals surface area contributed by atoms with Gasteiger partial charge in [-0.2, -0.15) is 0 Å². The Bertz CT molecular complexity index is 1790. The van der Waals surface area contributed by atoms with Crippen LogP contribution in [0, 0.1) is 5.82 Å². The van der Waals surface area contributed by atoms with Crippen LogP contribution in [-0.4, -0.2) is 49.0 Å². The van der Waals surface area contributed by atoms with Crippen molar-refractivity contribution >= 4 is 54.8 Å². The second kappa shape index (κ2) is 13.2. The third-order valence-electron chi connectivity index (χ3n) is 7.27. The van der Waals surface area contributed by atoms with Crippen molar-refractivity contribution in [2.24, 2.45) is 0 Å². The number of amides is 3. The monoisotopic (exact) mass is 636 g/mol. The van der Waals surface area contributed by atoms with Gasteiger partial charge < -0.3 is 16.0 Å². The molecule has 9 nitrogen and oxygen atoms in total. The van der Waals surface area contributed by atoms with Crippen LogP contribution in [0.1, 0.15) is 48.9 Å². The number of nitrogens with one attached hydrogen (secondary N) is 3. The first-order chi connectivity index (χ1) is 21.0. The molecule has 0 radical (unpaired) electrons. The van der Waals surface area contributed by atoms with Gasteiger partial charge in [-0.1, -0.05) is 42.5 Å². The summed E-state index contributed by atoms with van der Waals surface area (Å²) in [6, 6.07) is 19.3. The van der Waals surface area contributed by atoms with Gasteiger partial charge in [0.2, 0.25) is 17.7 Å². The predicted octanol–water partition coefficient (Wildman–Crippen LogP) is 4.93. The van der Waals surface area contributed by atoms with Crippen LogP contribution >= 0.6 is 11.3 Å². The number of sulfone groups is 1. The van der Waals surface area contributed by atoms with E-state index in [1.54, 1.807) is 30.3 Å². The van der Waals surface area contributed by atoms with Gasteiger partial charge in [-0.25, -0.2) is 17.8 Å². The predicted molar refractivity (Wildman–Crippen MR) is 169 cm³/mol. The molecule has 44 heavy (non-hydrogen) atoms. The van der Waals surface area contributed by atoms with Gasteiger partial charge in [-0.05, 0) is 62.4 Å². The molecule has 1 aliphatic rings. The minimum Gasteiger partial charge on any atom is -0.352 e. The van der Waals surface area contributed by atoms with E-state index in [0.717, 1.165) is 29.7 Å². The van der Waals surface area contributed by atoms with Gasteiger partial charge in [0.15, 0.2) is 15.1 Å². The lowest BCUT2D eigenvalue weighted by molar-refractivity contribution is -0.126. The first kappa shape index (κ1) is 31.3. The minimum atomic E-state index is -4.03. The van der Waals surface area contributed by atoms with E-state index in [1.165, 1.54) is 19.9 Å². The van der Waals surface area contributed by atoms with Crippen molar-refractivity contribution in [3.05, 3.63) is 83.1 Å². The molecule has 12 heteroatoms. The fourth-order valence-corrected chi connectivity index (χ4v) is 7.38. The summed E-state index contributed by atoms with van der Waals surface area (Å²) in [5.41, 5.74) is 2.68. The molecule has 1 heterocycles. The van der Waals surface area contributed by atoms with E-state index in [-0.39, 0.29) is 34.6 Å². The second-order valence-electron chi connectivity index (χ2n) is 11.0. The molecule has 0 saturated heterocycles. The summed E-state index contributed by atoms with van der Waals surface area (Å²) in [6.45, 7) is 2.58. The molecule has 0 spiro atoms. The van der Waals surface area contributed by atoms with Gasteiger partial charge in [0.25, 0.3) is 0 Å². The number of carbonyl (C=O) groups excluding carboxylic acids is 3. The number of fused-ring (bicyclic) bond motifs is 1. The molecule has 1 saturated carbocycles. The number of nitrogens with zero attached hydrogens (tertiary/aromatic N) is 1. The molecule has 1 aliphatic carbocycles. The van der Waals surface area contributed by atoms with Crippen LogP contribution in [0.4, 0.5) is 10.1 Å². The number of carbonyl (C=O) groups is 3. The van der Waals surface area contributed by atoms with Crippen molar-refractivity contribution in [3.63, 3.8) is 0 Å². The SMILES string of the molecule is CC(C)S(=O)(=O)C(C(=O)NCC(=O)NC1CC1)c1nc2cc(F)c(-c3ccc(NC(=O)CCc4ccccc4)cc3)cc2s1. The van der Waals surface area contributed by atoms with Gasteiger partial charge in [0.05, 0.1) is 22.0 Å². The topological polar surface area (TPSA) is 134 Å². The number of aryl methyl sites for hydroxylation is 1. The van der Waals surface area contributed by atoms with E-state index < -0.39 is 38.0 Å². The highest BCUT2D eigenvalue weighted by atomic mass is 32.2. The maximum atomic E-state index is 15.3. The highest BCUT2D eigenvalue weighted by Crippen LogP contribution is 2.36. The quantitative estimate of drug-likeness (QED) is 0.202. The third kappa shape index (κ3) is 7.48. The fourth-order valence-electron chi connectivity index (χ4n) is 4.60. The maximum Gasteiger partial charge on any atom is 0.245 e. The molecule has 0 bridgehead atoms. The zero-order valence-corrected chi connectivity index (χ0v) is 25.9. The molecule has 1 aromatic heterocycles. The van der Waals surface area contributed by atoms with E-state index in [0.29, 0.717) is 28.8 Å². The van der Waals surface area contributed by atoms with E-state index in [1.807, 2.05) is 30.3 Å². The molecule has 0 aliphatic heterocycles. The number of hydrogen-bond acceptors (Lipinski definition) is 7. The number of aromatic nitrogens is 1. The van der Waals surface area contributed by atoms with Crippen LogP contribution in [0.15, 0.2) is 66.7 Å². The molecular formula is C32H33FN4O5S2. The Balaban J connectivity index is 1.33. The standard InChI is InChI=1S/C32H33FN4O5S2/c1-19(2)44(41,42)30(31(40)34-18-29(39)36-23-13-14-23)32-37-26-17-25(33)24(16-27(26)43-32)21-9-11-22(12-10-21)35-28(38)15-8-20-6-4-3-5-7-20/h3-7,9-12,16-17,19,23,30H,8,13-15,18H2,1-2H3,(H,34,40)(H,35,38)(H,36,39). The smallest absolute Gasteiger partial charge is 0.245 e. The number of hydrogen-bond donors (Lipinski definition) is 3. The van der Waals surface area contributed by atoms with Gasteiger partial charge >= 0.3 is 0 Å². The Labute approximate surface area is 259 Å². The van der Waals surface area contributed by atoms with E-state index in [4.69, 9.17) is 0 Å². The normalized spacial score (nSPS) is 13.9. The third-order valence-corrected chi connectivity index (χ3v) is 10.9. The molecule has 1 atom stereocenters. The first-order valence-electron chi connectivity index (χ1n) is 14.3. The Morgan fingerprint density at radius 2 is 1.70 bits per heavy atom. The van der Waals surface area contributed by atoms with Crippen LogP contribution in [0.3, 0.4) is 0 Å². The summed E-state index contributed by atoms with van der Waals surface area (Å²) in [6.07, 6.45) is 2.70. The van der Waals surface area contributed by atoms with Gasteiger partial charge in [-0.3, -0.25) is 14.4 Å². The number of benzene rings is 3. The zero-order chi connectivity index (χ0) is 31.4. The van der Waals surface area contributed by atoms with Crippen molar-refractivity contribution < 1.29 is 27.2 Å². The van der Waals surface area contributed by atoms with Gasteiger partial charge in [0, 0.05) is 29.8 Å². The fraction of sp³-hybridized carbons (Fsp3) is 0.312. The Morgan fingerprint density at radius 1 is 1.00 bits per heavy atom. The van der Waals surface area contributed by atoms with Crippen LogP contribution < -0.4 is 16.0 Å². The largest absolute Gasteiger partial charge is 0.352 e. The molecule has 3 amide bonds. The Morgan fingerprint density at radius 3 is 2.36 bits per heavy atom. The lowest BCUT2D eigenvalue weighted by Gasteiger charge is -2.17. The summed E-state index contributed by atoms with van der Waals surface area (Å²) < 4.78 is 42.3. The van der Waals surface area contributed by atoms with Crippen molar-refractivity contribution in [1.29, 1.82) is 0 Å². The Kier molecular flexibility index (Phi) is 9.40. The minimum absolute atomic E-state index is 0.00101. The van der Waals surface area contributed by atoms with Crippen molar-refractivity contribution in [2.75, 3.05) is 11.9 Å². The van der Waals surface area contributed by atoms with Crippen LogP contribution in [0.5, 0.6) is 0 Å². The Hall–Kier alpha value is -4.16. The van der Waals surface area contributed by atoms with Gasteiger partial charge in [0.1, 0.15) is 10.8 Å². The molecule has 230 valence electrons. The highest BCUT2D eigenvalue weighted by Gasteiger charge is 2.39. The lowest BCUT2D eigenvalue weighted by Crippen LogP contribution is -2.42. The summed E-state index contributed by atoms with van der Waals surface area (Å²) in [5, 5.41) is 5.49. The van der Waals surface area contributed by atoms with Crippen LogP contribution in [0.2, 0.25) is 0 Å². The summed E-state index contributed by atoms with van der Waals surface area (Å²) >= 11 is 0.990. The molecule has 3 aromatic carbocycles. The average molecular weight is 637 g/mol. The number of halogens is 1. The second-order valence-corrected chi connectivity index (χ2v) is 14.7. The molecule has 3 N–H and O–H groups in total. The highest BCUT2D eigenvalue weighted by molar-refractivity contribution is 7.93. The maximum absolute atomic E-state index is 15.3. The average Bonchev–Trinajstić information content (AvgIpc) is 3.72. The zero-order valence-electron chi connectivity index (χ0n) is 24.3. The summed E-state index contributed by atoms with van der Waals surface area (Å²) in [7, 11) is -4.03. The van der Waals surface area contributed by atoms with Crippen LogP contribution in [0.25, 0.3) is 21.3 Å².